The Morgan fingerprint density at radius 1 is 1.29 bits per heavy atom. The molecule has 2 amide bonds. The standard InChI is InChI=1S/C20H25FN4O3/c1-4-28-20(27)25-9-7-15(8-10-25)22-19(26)17-12-18(24(3)23-17)14-5-6-16(21)13(2)11-14/h5-6,11-12,15H,4,7-10H2,1-3H3,(H,22,26). The fourth-order valence-corrected chi connectivity index (χ4v) is 3.33. The van der Waals surface area contributed by atoms with Gasteiger partial charge in [0.2, 0.25) is 0 Å². The molecule has 3 rings (SSSR count). The molecule has 0 radical (unpaired) electrons. The number of hydrogen-bond acceptors (Lipinski definition) is 4. The van der Waals surface area contributed by atoms with Crippen LogP contribution in [0.25, 0.3) is 11.3 Å². The van der Waals surface area contributed by atoms with Crippen LogP contribution in [-0.2, 0) is 11.8 Å². The highest BCUT2D eigenvalue weighted by Crippen LogP contribution is 2.22. The van der Waals surface area contributed by atoms with Crippen molar-refractivity contribution in [1.29, 1.82) is 0 Å². The zero-order valence-corrected chi connectivity index (χ0v) is 16.4. The number of piperidine rings is 1. The maximum Gasteiger partial charge on any atom is 0.409 e. The van der Waals surface area contributed by atoms with Crippen molar-refractivity contribution in [2.24, 2.45) is 7.05 Å². The van der Waals surface area contributed by atoms with Gasteiger partial charge in [-0.2, -0.15) is 5.10 Å². The number of ether oxygens (including phenoxy) is 1. The molecular weight excluding hydrogens is 363 g/mol. The molecule has 1 N–H and O–H groups in total. The largest absolute Gasteiger partial charge is 0.450 e. The first-order valence-electron chi connectivity index (χ1n) is 9.42. The Hall–Kier alpha value is -2.90. The van der Waals surface area contributed by atoms with Gasteiger partial charge in [0.05, 0.1) is 12.3 Å². The smallest absolute Gasteiger partial charge is 0.409 e. The summed E-state index contributed by atoms with van der Waals surface area (Å²) >= 11 is 0. The number of aryl methyl sites for hydroxylation is 2. The number of likely N-dealkylation sites (tertiary alicyclic amines) is 1. The number of nitrogens with one attached hydrogen (secondary N) is 1. The van der Waals surface area contributed by atoms with Gasteiger partial charge in [0, 0.05) is 31.7 Å². The number of nitrogens with zero attached hydrogens (tertiary/aromatic N) is 3. The van der Waals surface area contributed by atoms with Gasteiger partial charge in [-0.05, 0) is 56.5 Å². The third kappa shape index (κ3) is 4.32. The van der Waals surface area contributed by atoms with E-state index in [0.717, 1.165) is 11.3 Å². The van der Waals surface area contributed by atoms with Crippen LogP contribution < -0.4 is 5.32 Å². The Bertz CT molecular complexity index is 872. The molecule has 0 bridgehead atoms. The van der Waals surface area contributed by atoms with Crippen molar-refractivity contribution in [3.05, 3.63) is 41.3 Å². The van der Waals surface area contributed by atoms with Gasteiger partial charge in [0.15, 0.2) is 5.69 Å². The van der Waals surface area contributed by atoms with Gasteiger partial charge in [0.25, 0.3) is 5.91 Å². The van der Waals surface area contributed by atoms with E-state index in [2.05, 4.69) is 10.4 Å². The topological polar surface area (TPSA) is 76.5 Å². The highest BCUT2D eigenvalue weighted by molar-refractivity contribution is 5.93. The van der Waals surface area contributed by atoms with Gasteiger partial charge in [0.1, 0.15) is 5.82 Å². The van der Waals surface area contributed by atoms with Crippen molar-refractivity contribution in [2.75, 3.05) is 19.7 Å². The number of carbonyl (C=O) groups is 2. The van der Waals surface area contributed by atoms with Crippen molar-refractivity contribution in [2.45, 2.75) is 32.7 Å². The second-order valence-electron chi connectivity index (χ2n) is 6.94. The van der Waals surface area contributed by atoms with Crippen LogP contribution in [-0.4, -0.2) is 52.4 Å². The first kappa shape index (κ1) is 19.9. The molecule has 1 aliphatic heterocycles. The molecule has 1 saturated heterocycles. The minimum Gasteiger partial charge on any atom is -0.450 e. The summed E-state index contributed by atoms with van der Waals surface area (Å²) in [5.74, 6) is -0.520. The van der Waals surface area contributed by atoms with E-state index in [1.165, 1.54) is 6.07 Å². The predicted molar refractivity (Wildman–Crippen MR) is 102 cm³/mol. The minimum atomic E-state index is -0.309. The van der Waals surface area contributed by atoms with E-state index in [9.17, 15) is 14.0 Å². The zero-order valence-electron chi connectivity index (χ0n) is 16.4. The second kappa shape index (κ2) is 8.41. The fourth-order valence-electron chi connectivity index (χ4n) is 3.33. The summed E-state index contributed by atoms with van der Waals surface area (Å²) in [6, 6.07) is 6.51. The van der Waals surface area contributed by atoms with Crippen LogP contribution in [0.3, 0.4) is 0 Å². The van der Waals surface area contributed by atoms with Crippen LogP contribution >= 0.6 is 0 Å². The number of hydrogen-bond donors (Lipinski definition) is 1. The van der Waals surface area contributed by atoms with Crippen LogP contribution in [0.2, 0.25) is 0 Å². The SMILES string of the molecule is CCOC(=O)N1CCC(NC(=O)c2cc(-c3ccc(F)c(C)c3)n(C)n2)CC1. The van der Waals surface area contributed by atoms with Crippen LogP contribution in [0, 0.1) is 12.7 Å². The molecule has 1 aliphatic rings. The van der Waals surface area contributed by atoms with Crippen molar-refractivity contribution in [1.82, 2.24) is 20.0 Å². The molecule has 28 heavy (non-hydrogen) atoms. The summed E-state index contributed by atoms with van der Waals surface area (Å²) in [6.45, 7) is 4.92. The van der Waals surface area contributed by atoms with Gasteiger partial charge in [-0.3, -0.25) is 9.48 Å². The summed E-state index contributed by atoms with van der Waals surface area (Å²) < 4.78 is 20.1. The van der Waals surface area contributed by atoms with E-state index >= 15 is 0 Å². The molecule has 2 aromatic rings. The number of halogens is 1. The van der Waals surface area contributed by atoms with Crippen LogP contribution in [0.15, 0.2) is 24.3 Å². The second-order valence-corrected chi connectivity index (χ2v) is 6.94. The molecule has 0 saturated carbocycles. The van der Waals surface area contributed by atoms with Gasteiger partial charge in [-0.1, -0.05) is 0 Å². The molecule has 1 aromatic heterocycles. The number of carbonyl (C=O) groups excluding carboxylic acids is 2. The predicted octanol–water partition coefficient (Wildman–Crippen LogP) is 2.89. The third-order valence-corrected chi connectivity index (χ3v) is 4.92. The lowest BCUT2D eigenvalue weighted by Gasteiger charge is -2.31. The molecule has 0 atom stereocenters. The van der Waals surface area contributed by atoms with Crippen molar-refractivity contribution in [3.8, 4) is 11.3 Å². The van der Waals surface area contributed by atoms with E-state index in [0.29, 0.717) is 43.8 Å². The molecule has 0 aliphatic carbocycles. The van der Waals surface area contributed by atoms with E-state index < -0.39 is 0 Å². The van der Waals surface area contributed by atoms with E-state index in [1.807, 2.05) is 0 Å². The molecule has 0 unspecified atom stereocenters. The lowest BCUT2D eigenvalue weighted by atomic mass is 10.1. The normalized spacial score (nSPS) is 14.8. The molecular formula is C20H25FN4O3. The Kier molecular flexibility index (Phi) is 5.96. The van der Waals surface area contributed by atoms with Gasteiger partial charge in [-0.15, -0.1) is 0 Å². The Morgan fingerprint density at radius 2 is 2.00 bits per heavy atom. The summed E-state index contributed by atoms with van der Waals surface area (Å²) in [6.07, 6.45) is 1.03. The molecule has 150 valence electrons. The Morgan fingerprint density at radius 3 is 2.64 bits per heavy atom. The van der Waals surface area contributed by atoms with Gasteiger partial charge in [-0.25, -0.2) is 9.18 Å². The van der Waals surface area contributed by atoms with Gasteiger partial charge >= 0.3 is 6.09 Å². The lowest BCUT2D eigenvalue weighted by Crippen LogP contribution is -2.46. The van der Waals surface area contributed by atoms with E-state index in [4.69, 9.17) is 4.74 Å². The third-order valence-electron chi connectivity index (χ3n) is 4.92. The number of aromatic nitrogens is 2. The molecule has 8 heteroatoms. The lowest BCUT2D eigenvalue weighted by molar-refractivity contribution is 0.0856. The van der Waals surface area contributed by atoms with Gasteiger partial charge < -0.3 is 15.0 Å². The first-order valence-corrected chi connectivity index (χ1v) is 9.42. The number of rotatable bonds is 4. The summed E-state index contributed by atoms with van der Waals surface area (Å²) in [4.78, 5) is 26.0. The van der Waals surface area contributed by atoms with Crippen molar-refractivity contribution < 1.29 is 18.7 Å². The van der Waals surface area contributed by atoms with Crippen LogP contribution in [0.1, 0.15) is 35.8 Å². The molecule has 7 nitrogen and oxygen atoms in total. The van der Waals surface area contributed by atoms with Crippen LogP contribution in [0.4, 0.5) is 9.18 Å². The van der Waals surface area contributed by atoms with Crippen LogP contribution in [0.5, 0.6) is 0 Å². The highest BCUT2D eigenvalue weighted by atomic mass is 19.1. The highest BCUT2D eigenvalue weighted by Gasteiger charge is 2.25. The van der Waals surface area contributed by atoms with Crippen molar-refractivity contribution >= 4 is 12.0 Å². The van der Waals surface area contributed by atoms with E-state index in [-0.39, 0.29) is 23.9 Å². The average Bonchev–Trinajstić information content (AvgIpc) is 3.06. The minimum absolute atomic E-state index is 0.0169. The summed E-state index contributed by atoms with van der Waals surface area (Å²) in [5, 5.41) is 7.28. The molecule has 0 spiro atoms. The van der Waals surface area contributed by atoms with E-state index in [1.54, 1.807) is 48.7 Å². The first-order chi connectivity index (χ1) is 13.4. The summed E-state index contributed by atoms with van der Waals surface area (Å²) in [7, 11) is 1.75. The molecule has 2 heterocycles. The maximum absolute atomic E-state index is 13.5. The monoisotopic (exact) mass is 388 g/mol. The summed E-state index contributed by atoms with van der Waals surface area (Å²) in [5.41, 5.74) is 2.39. The number of amides is 2. The Labute approximate surface area is 163 Å². The Balaban J connectivity index is 1.63. The quantitative estimate of drug-likeness (QED) is 0.874. The van der Waals surface area contributed by atoms with Crippen molar-refractivity contribution in [3.63, 3.8) is 0 Å². The molecule has 1 fully saturated rings. The fraction of sp³-hybridized carbons (Fsp3) is 0.450. The zero-order chi connectivity index (χ0) is 20.3. The number of benzene rings is 1. The maximum atomic E-state index is 13.5. The average molecular weight is 388 g/mol. The molecule has 1 aromatic carbocycles.